The van der Waals surface area contributed by atoms with Crippen LogP contribution in [0.15, 0.2) is 200 Å². The van der Waals surface area contributed by atoms with Gasteiger partial charge in [-0.3, -0.25) is 0 Å². The SMILES string of the molecule is c1ccc(-c2nc(-c3ccccc3)nc(-c3cccc4c3C3(c5ccccc5Oc5ccccc53)c3c(-c5nc(-c6ccccc6)c6sc7ccccc7c6n5)cccc3-4)n2)cc1. The summed E-state index contributed by atoms with van der Waals surface area (Å²) in [6, 6.07) is 69.3. The van der Waals surface area contributed by atoms with Gasteiger partial charge in [-0.2, -0.15) is 0 Å². The molecule has 8 aromatic carbocycles. The number of aromatic nitrogens is 5. The fourth-order valence-electron chi connectivity index (χ4n) is 9.82. The van der Waals surface area contributed by atoms with Gasteiger partial charge in [0.25, 0.3) is 0 Å². The zero-order valence-electron chi connectivity index (χ0n) is 33.6. The molecule has 4 heterocycles. The molecule has 0 N–H and O–H groups in total. The van der Waals surface area contributed by atoms with E-state index in [0.717, 1.165) is 94.0 Å². The summed E-state index contributed by atoms with van der Waals surface area (Å²) in [5.74, 6) is 4.03. The third-order valence-corrected chi connectivity index (χ3v) is 13.6. The maximum absolute atomic E-state index is 6.84. The van der Waals surface area contributed by atoms with Crippen molar-refractivity contribution in [2.24, 2.45) is 0 Å². The summed E-state index contributed by atoms with van der Waals surface area (Å²) in [6.07, 6.45) is 0. The third kappa shape index (κ3) is 5.33. The Hall–Kier alpha value is -8.13. The molecule has 0 amide bonds. The van der Waals surface area contributed by atoms with Crippen LogP contribution in [0.25, 0.3) is 88.2 Å². The van der Waals surface area contributed by atoms with Crippen molar-refractivity contribution in [2.75, 3.05) is 0 Å². The predicted molar refractivity (Wildman–Crippen MR) is 253 cm³/mol. The summed E-state index contributed by atoms with van der Waals surface area (Å²) in [5.41, 5.74) is 12.1. The van der Waals surface area contributed by atoms with E-state index in [4.69, 9.17) is 29.7 Å². The normalized spacial score (nSPS) is 13.0. The van der Waals surface area contributed by atoms with Crippen LogP contribution in [0.2, 0.25) is 0 Å². The molecule has 1 aliphatic carbocycles. The van der Waals surface area contributed by atoms with Crippen LogP contribution in [0.3, 0.4) is 0 Å². The maximum Gasteiger partial charge on any atom is 0.164 e. The van der Waals surface area contributed by atoms with E-state index in [1.807, 2.05) is 48.5 Å². The fraction of sp³-hybridized carbons (Fsp3) is 0.0179. The summed E-state index contributed by atoms with van der Waals surface area (Å²) >= 11 is 1.74. The van der Waals surface area contributed by atoms with Gasteiger partial charge in [0.2, 0.25) is 0 Å². The largest absolute Gasteiger partial charge is 0.457 e. The van der Waals surface area contributed by atoms with Gasteiger partial charge in [-0.1, -0.05) is 182 Å². The predicted octanol–water partition coefficient (Wildman–Crippen LogP) is 13.8. The van der Waals surface area contributed by atoms with Crippen LogP contribution in [0.1, 0.15) is 22.3 Å². The van der Waals surface area contributed by atoms with Crippen molar-refractivity contribution in [1.29, 1.82) is 0 Å². The number of thiophene rings is 1. The average molecular weight is 824 g/mol. The van der Waals surface area contributed by atoms with Gasteiger partial charge in [0.05, 0.1) is 21.3 Å². The minimum Gasteiger partial charge on any atom is -0.457 e. The molecule has 13 rings (SSSR count). The van der Waals surface area contributed by atoms with E-state index in [1.54, 1.807) is 11.3 Å². The molecule has 1 spiro atoms. The molecule has 0 saturated carbocycles. The van der Waals surface area contributed by atoms with Crippen LogP contribution in [-0.4, -0.2) is 24.9 Å². The summed E-state index contributed by atoms with van der Waals surface area (Å²) in [4.78, 5) is 26.9. The van der Waals surface area contributed by atoms with Gasteiger partial charge in [0.1, 0.15) is 11.5 Å². The summed E-state index contributed by atoms with van der Waals surface area (Å²) in [7, 11) is 0. The number of fused-ring (bicyclic) bond motifs is 12. The standard InChI is InChI=1S/C56H33N5OS/c1-4-18-34(19-5-1)49-51-50(39-24-10-15-33-46(39)63-51)58-54(57-49)40-27-16-25-37-38-26-17-28-41(55-60-52(35-20-6-2-7-21-35)59-53(61-55)36-22-8-3-9-23-36)48(38)56(47(37)40)42-29-11-13-31-44(42)62-45-32-14-12-30-43(45)56/h1-33H. The Morgan fingerprint density at radius 3 is 1.41 bits per heavy atom. The van der Waals surface area contributed by atoms with E-state index in [2.05, 4.69) is 152 Å². The van der Waals surface area contributed by atoms with E-state index in [0.29, 0.717) is 23.3 Å². The van der Waals surface area contributed by atoms with Crippen molar-refractivity contribution in [3.8, 4) is 79.4 Å². The highest BCUT2D eigenvalue weighted by Crippen LogP contribution is 2.65. The smallest absolute Gasteiger partial charge is 0.164 e. The number of hydrogen-bond donors (Lipinski definition) is 0. The van der Waals surface area contributed by atoms with Crippen LogP contribution in [-0.2, 0) is 5.41 Å². The van der Waals surface area contributed by atoms with Crippen LogP contribution < -0.4 is 4.74 Å². The molecule has 63 heavy (non-hydrogen) atoms. The van der Waals surface area contributed by atoms with Crippen molar-refractivity contribution < 1.29 is 4.74 Å². The molecule has 0 saturated heterocycles. The third-order valence-electron chi connectivity index (χ3n) is 12.4. The lowest BCUT2D eigenvalue weighted by molar-refractivity contribution is 0.436. The van der Waals surface area contributed by atoms with Gasteiger partial charge < -0.3 is 4.74 Å². The lowest BCUT2D eigenvalue weighted by Crippen LogP contribution is -2.33. The lowest BCUT2D eigenvalue weighted by Gasteiger charge is -2.40. The minimum absolute atomic E-state index is 0.587. The van der Waals surface area contributed by atoms with Crippen molar-refractivity contribution >= 4 is 31.6 Å². The highest BCUT2D eigenvalue weighted by molar-refractivity contribution is 7.26. The maximum atomic E-state index is 6.84. The van der Waals surface area contributed by atoms with E-state index >= 15 is 0 Å². The zero-order chi connectivity index (χ0) is 41.5. The molecule has 2 aliphatic rings. The molecule has 11 aromatic rings. The van der Waals surface area contributed by atoms with Gasteiger partial charge in [0, 0.05) is 49.0 Å². The molecule has 3 aromatic heterocycles. The molecule has 294 valence electrons. The van der Waals surface area contributed by atoms with Crippen LogP contribution in [0.5, 0.6) is 11.5 Å². The van der Waals surface area contributed by atoms with Gasteiger partial charge in [-0.05, 0) is 40.5 Å². The quantitative estimate of drug-likeness (QED) is 0.172. The van der Waals surface area contributed by atoms with Crippen LogP contribution >= 0.6 is 11.3 Å². The Morgan fingerprint density at radius 1 is 0.365 bits per heavy atom. The number of para-hydroxylation sites is 2. The highest BCUT2D eigenvalue weighted by atomic mass is 32.1. The van der Waals surface area contributed by atoms with E-state index < -0.39 is 5.41 Å². The molecule has 0 radical (unpaired) electrons. The first-order valence-corrected chi connectivity index (χ1v) is 21.8. The number of hydrogen-bond acceptors (Lipinski definition) is 7. The zero-order valence-corrected chi connectivity index (χ0v) is 34.4. The van der Waals surface area contributed by atoms with Crippen LogP contribution in [0.4, 0.5) is 0 Å². The molecule has 0 unspecified atom stereocenters. The molecule has 6 nitrogen and oxygen atoms in total. The second kappa shape index (κ2) is 14.0. The van der Waals surface area contributed by atoms with Crippen molar-refractivity contribution in [1.82, 2.24) is 24.9 Å². The van der Waals surface area contributed by atoms with Gasteiger partial charge in [-0.25, -0.2) is 24.9 Å². The van der Waals surface area contributed by atoms with Crippen molar-refractivity contribution in [3.05, 3.63) is 222 Å². The first-order valence-electron chi connectivity index (χ1n) is 21.0. The van der Waals surface area contributed by atoms with E-state index in [9.17, 15) is 0 Å². The lowest BCUT2D eigenvalue weighted by atomic mass is 9.64. The van der Waals surface area contributed by atoms with Crippen LogP contribution in [0, 0.1) is 0 Å². The summed E-state index contributed by atoms with van der Waals surface area (Å²) in [6.45, 7) is 0. The second-order valence-electron chi connectivity index (χ2n) is 15.9. The molecular weight excluding hydrogens is 791 g/mol. The first kappa shape index (κ1) is 35.6. The Balaban J connectivity index is 1.16. The number of benzene rings is 8. The Bertz CT molecular complexity index is 3500. The molecule has 0 bridgehead atoms. The van der Waals surface area contributed by atoms with E-state index in [-0.39, 0.29) is 0 Å². The average Bonchev–Trinajstić information content (AvgIpc) is 3.89. The molecule has 0 fully saturated rings. The van der Waals surface area contributed by atoms with E-state index in [1.165, 1.54) is 4.70 Å². The van der Waals surface area contributed by atoms with Gasteiger partial charge >= 0.3 is 0 Å². The summed E-state index contributed by atoms with van der Waals surface area (Å²) < 4.78 is 9.09. The Morgan fingerprint density at radius 2 is 0.825 bits per heavy atom. The molecule has 7 heteroatoms. The van der Waals surface area contributed by atoms with Crippen molar-refractivity contribution in [3.63, 3.8) is 0 Å². The fourth-order valence-corrected chi connectivity index (χ4v) is 11.0. The highest BCUT2D eigenvalue weighted by Gasteiger charge is 2.54. The number of nitrogens with zero attached hydrogens (tertiary/aromatic N) is 5. The molecule has 0 atom stereocenters. The van der Waals surface area contributed by atoms with Crippen molar-refractivity contribution in [2.45, 2.75) is 5.41 Å². The summed E-state index contributed by atoms with van der Waals surface area (Å²) in [5, 5.41) is 1.12. The first-order chi connectivity index (χ1) is 31.2. The Kier molecular flexibility index (Phi) is 7.89. The number of ether oxygens (including phenoxy) is 1. The van der Waals surface area contributed by atoms with Gasteiger partial charge in [0.15, 0.2) is 23.3 Å². The van der Waals surface area contributed by atoms with Gasteiger partial charge in [-0.15, -0.1) is 11.3 Å². The number of rotatable bonds is 5. The molecular formula is C56H33N5OS. The minimum atomic E-state index is -0.905. The Labute approximate surface area is 366 Å². The topological polar surface area (TPSA) is 73.7 Å². The monoisotopic (exact) mass is 823 g/mol. The second-order valence-corrected chi connectivity index (χ2v) is 16.9. The molecule has 1 aliphatic heterocycles.